The first kappa shape index (κ1) is 26.3. The van der Waals surface area contributed by atoms with Crippen LogP contribution in [0.1, 0.15) is 65.1 Å². The molecule has 0 spiro atoms. The second kappa shape index (κ2) is 10.9. The van der Waals surface area contributed by atoms with Crippen LogP contribution in [0.4, 0.5) is 4.39 Å². The van der Waals surface area contributed by atoms with Crippen molar-refractivity contribution in [2.45, 2.75) is 70.8 Å². The van der Waals surface area contributed by atoms with Crippen LogP contribution in [0.3, 0.4) is 0 Å². The number of amides is 1. The van der Waals surface area contributed by atoms with Crippen molar-refractivity contribution in [3.8, 4) is 17.1 Å². The van der Waals surface area contributed by atoms with Gasteiger partial charge >= 0.3 is 5.97 Å². The Morgan fingerprint density at radius 3 is 2.73 bits per heavy atom. The van der Waals surface area contributed by atoms with Gasteiger partial charge < -0.3 is 14.2 Å². The van der Waals surface area contributed by atoms with E-state index in [0.717, 1.165) is 62.5 Å². The monoisotopic (exact) mass is 538 g/mol. The molecule has 3 aliphatic rings. The van der Waals surface area contributed by atoms with E-state index in [2.05, 4.69) is 23.1 Å². The highest BCUT2D eigenvalue weighted by Crippen LogP contribution is 2.38. The Hall–Kier alpha value is -3.93. The van der Waals surface area contributed by atoms with Gasteiger partial charge in [0.15, 0.2) is 6.04 Å². The van der Waals surface area contributed by atoms with Crippen molar-refractivity contribution in [3.63, 3.8) is 0 Å². The Bertz CT molecular complexity index is 1490. The lowest BCUT2D eigenvalue weighted by Gasteiger charge is -2.25. The molecule has 1 atom stereocenters. The summed E-state index contributed by atoms with van der Waals surface area (Å²) < 4.78 is 22.8. The molecular formula is C31H32BFN4O3. The number of aromatic nitrogens is 2. The van der Waals surface area contributed by atoms with E-state index in [4.69, 9.17) is 10.00 Å². The highest BCUT2D eigenvalue weighted by molar-refractivity contribution is 6.67. The molecule has 2 aromatic carbocycles. The van der Waals surface area contributed by atoms with Crippen LogP contribution in [-0.4, -0.2) is 39.6 Å². The Morgan fingerprint density at radius 2 is 2.00 bits per heavy atom. The van der Waals surface area contributed by atoms with E-state index < -0.39 is 23.7 Å². The topological polar surface area (TPSA) is 88.2 Å². The maximum atomic E-state index is 15.5. The predicted molar refractivity (Wildman–Crippen MR) is 149 cm³/mol. The number of benzene rings is 2. The molecule has 0 aliphatic carbocycles. The van der Waals surface area contributed by atoms with E-state index in [1.807, 2.05) is 16.7 Å². The summed E-state index contributed by atoms with van der Waals surface area (Å²) in [7, 11) is 0. The van der Waals surface area contributed by atoms with Crippen LogP contribution in [0.25, 0.3) is 11.1 Å². The van der Waals surface area contributed by atoms with E-state index in [1.165, 1.54) is 16.5 Å². The van der Waals surface area contributed by atoms with Crippen LogP contribution >= 0.6 is 0 Å². The minimum atomic E-state index is -1.01. The number of nitriles is 1. The van der Waals surface area contributed by atoms with Gasteiger partial charge in [-0.15, -0.1) is 0 Å². The van der Waals surface area contributed by atoms with E-state index >= 15 is 4.39 Å². The van der Waals surface area contributed by atoms with E-state index in [9.17, 15) is 9.59 Å². The van der Waals surface area contributed by atoms with Gasteiger partial charge in [-0.05, 0) is 60.9 Å². The molecule has 1 fully saturated rings. The van der Waals surface area contributed by atoms with Gasteiger partial charge in [-0.3, -0.25) is 4.79 Å². The predicted octanol–water partition coefficient (Wildman–Crippen LogP) is 5.41. The fourth-order valence-electron chi connectivity index (χ4n) is 6.56. The molecular weight excluding hydrogens is 506 g/mol. The number of rotatable bonds is 7. The lowest BCUT2D eigenvalue weighted by molar-refractivity contribution is -0.149. The molecule has 6 rings (SSSR count). The van der Waals surface area contributed by atoms with Crippen molar-refractivity contribution < 1.29 is 18.7 Å². The average molecular weight is 538 g/mol. The lowest BCUT2D eigenvalue weighted by atomic mass is 9.41. The summed E-state index contributed by atoms with van der Waals surface area (Å²) in [5, 5.41) is 9.14. The molecule has 0 radical (unpaired) electrons. The first-order chi connectivity index (χ1) is 19.5. The molecule has 40 heavy (non-hydrogen) atoms. The number of esters is 1. The third kappa shape index (κ3) is 4.81. The molecule has 3 aromatic rings. The summed E-state index contributed by atoms with van der Waals surface area (Å²) >= 11 is 0. The van der Waals surface area contributed by atoms with Gasteiger partial charge in [-0.1, -0.05) is 49.7 Å². The van der Waals surface area contributed by atoms with Gasteiger partial charge in [0.2, 0.25) is 0 Å². The van der Waals surface area contributed by atoms with Crippen molar-refractivity contribution in [1.29, 1.82) is 5.26 Å². The third-order valence-corrected chi connectivity index (χ3v) is 8.73. The highest BCUT2D eigenvalue weighted by Gasteiger charge is 2.42. The number of aryl methyl sites for hydroxylation is 1. The van der Waals surface area contributed by atoms with Gasteiger partial charge in [-0.25, -0.2) is 19.4 Å². The lowest BCUT2D eigenvalue weighted by Crippen LogP contribution is -2.36. The molecule has 1 aromatic heterocycles. The zero-order chi connectivity index (χ0) is 27.8. The molecule has 3 aliphatic heterocycles. The minimum absolute atomic E-state index is 0.0109. The van der Waals surface area contributed by atoms with Gasteiger partial charge in [-0.2, -0.15) is 0 Å². The maximum Gasteiger partial charge on any atom is 0.335 e. The zero-order valence-electron chi connectivity index (χ0n) is 22.7. The van der Waals surface area contributed by atoms with Gasteiger partial charge in [0.25, 0.3) is 12.6 Å². The maximum absolute atomic E-state index is 15.5. The summed E-state index contributed by atoms with van der Waals surface area (Å²) in [5.41, 5.74) is 4.71. The Balaban J connectivity index is 1.24. The number of ether oxygens (including phenoxy) is 1. The Kier molecular flexibility index (Phi) is 7.18. The van der Waals surface area contributed by atoms with Crippen LogP contribution in [0.5, 0.6) is 0 Å². The number of carbonyl (C=O) groups is 2. The summed E-state index contributed by atoms with van der Waals surface area (Å²) in [4.78, 5) is 32.7. The Labute approximate surface area is 234 Å². The fourth-order valence-corrected chi connectivity index (χ4v) is 6.56. The Morgan fingerprint density at radius 1 is 1.23 bits per heavy atom. The van der Waals surface area contributed by atoms with Crippen molar-refractivity contribution >= 4 is 18.6 Å². The average Bonchev–Trinajstić information content (AvgIpc) is 3.67. The van der Waals surface area contributed by atoms with Crippen molar-refractivity contribution in [1.82, 2.24) is 14.5 Å². The summed E-state index contributed by atoms with van der Waals surface area (Å²) in [6, 6.07) is 10.3. The van der Waals surface area contributed by atoms with E-state index in [-0.39, 0.29) is 25.4 Å². The quantitative estimate of drug-likeness (QED) is 0.297. The highest BCUT2D eigenvalue weighted by atomic mass is 19.1. The van der Waals surface area contributed by atoms with Gasteiger partial charge in [0.1, 0.15) is 5.82 Å². The fraction of sp³-hybridized carbons (Fsp3) is 0.419. The number of halogens is 1. The SMILES string of the molecule is CCOC(=O)C(c1ncn2c1CCC2)N1Cc2c(F)cc(-c3ccc(CC4CCB(C#N)CC4)cc3)cc2C1=O. The number of hydrogen-bond acceptors (Lipinski definition) is 5. The van der Waals surface area contributed by atoms with E-state index in [1.54, 1.807) is 19.3 Å². The van der Waals surface area contributed by atoms with Crippen LogP contribution in [-0.2, 0) is 35.5 Å². The molecule has 0 N–H and O–H groups in total. The summed E-state index contributed by atoms with van der Waals surface area (Å²) in [6.07, 6.45) is 8.49. The van der Waals surface area contributed by atoms with Crippen LogP contribution in [0.2, 0.25) is 12.6 Å². The van der Waals surface area contributed by atoms with Crippen molar-refractivity contribution in [3.05, 3.63) is 76.6 Å². The van der Waals surface area contributed by atoms with Crippen molar-refractivity contribution in [2.75, 3.05) is 6.61 Å². The number of fused-ring (bicyclic) bond motifs is 2. The van der Waals surface area contributed by atoms with Crippen LogP contribution < -0.4 is 0 Å². The molecule has 1 amide bonds. The third-order valence-electron chi connectivity index (χ3n) is 8.73. The number of carbonyl (C=O) groups excluding carboxylic acids is 2. The summed E-state index contributed by atoms with van der Waals surface area (Å²) in [6.45, 7) is 2.91. The molecule has 9 heteroatoms. The number of hydrogen-bond donors (Lipinski definition) is 0. The molecule has 1 unspecified atom stereocenters. The van der Waals surface area contributed by atoms with Gasteiger partial charge in [0.05, 0.1) is 25.2 Å². The first-order valence-corrected chi connectivity index (χ1v) is 14.3. The van der Waals surface area contributed by atoms with Crippen molar-refractivity contribution in [2.24, 2.45) is 5.92 Å². The largest absolute Gasteiger partial charge is 0.464 e. The van der Waals surface area contributed by atoms with E-state index in [0.29, 0.717) is 22.7 Å². The number of nitrogens with zero attached hydrogens (tertiary/aromatic N) is 4. The van der Waals surface area contributed by atoms with Crippen LogP contribution in [0.15, 0.2) is 42.7 Å². The molecule has 0 bridgehead atoms. The molecule has 4 heterocycles. The minimum Gasteiger partial charge on any atom is -0.464 e. The second-order valence-electron chi connectivity index (χ2n) is 11.2. The second-order valence-corrected chi connectivity index (χ2v) is 11.2. The number of imidazole rings is 1. The summed E-state index contributed by atoms with van der Waals surface area (Å²) in [5.74, 6) is 1.58. The normalized spacial score (nSPS) is 17.5. The molecule has 204 valence electrons. The van der Waals surface area contributed by atoms with Gasteiger partial charge in [0, 0.05) is 29.3 Å². The zero-order valence-corrected chi connectivity index (χ0v) is 22.7. The van der Waals surface area contributed by atoms with Crippen LogP contribution in [0, 0.1) is 23.0 Å². The molecule has 7 nitrogen and oxygen atoms in total. The molecule has 1 saturated heterocycles. The smallest absolute Gasteiger partial charge is 0.335 e. The first-order valence-electron chi connectivity index (χ1n) is 14.3. The molecule has 0 saturated carbocycles. The standard InChI is InChI=1S/C31H32BFN4O3/c1-2-40-31(39)29(28-27-4-3-13-36(27)19-35-28)37-17-25-24(30(37)38)15-23(16-26(25)33)22-7-5-20(6-8-22)14-21-9-11-32(18-34)12-10-21/h5-8,15-16,19,21,29H,2-4,9-14,17H2,1H3.